The Morgan fingerprint density at radius 1 is 1.48 bits per heavy atom. The van der Waals surface area contributed by atoms with E-state index in [2.05, 4.69) is 9.55 Å². The van der Waals surface area contributed by atoms with Crippen LogP contribution in [0.5, 0.6) is 0 Å². The number of amides is 1. The molecule has 0 fully saturated rings. The van der Waals surface area contributed by atoms with Crippen LogP contribution in [0.4, 0.5) is 4.39 Å². The maximum absolute atomic E-state index is 14.1. The Morgan fingerprint density at radius 3 is 3.04 bits per heavy atom. The molecule has 7 heteroatoms. The highest BCUT2D eigenvalue weighted by atomic mass is 35.5. The van der Waals surface area contributed by atoms with Gasteiger partial charge in [0.1, 0.15) is 11.7 Å². The molecule has 0 saturated carbocycles. The first-order valence-corrected chi connectivity index (χ1v) is 8.28. The van der Waals surface area contributed by atoms with Crippen molar-refractivity contribution in [2.24, 2.45) is 0 Å². The Bertz CT molecular complexity index is 699. The van der Waals surface area contributed by atoms with Crippen LogP contribution in [0.3, 0.4) is 0 Å². The van der Waals surface area contributed by atoms with Gasteiger partial charge in [-0.2, -0.15) is 0 Å². The first-order chi connectivity index (χ1) is 11.1. The second-order valence-electron chi connectivity index (χ2n) is 5.58. The number of halogens is 3. The van der Waals surface area contributed by atoms with Gasteiger partial charge in [0.2, 0.25) is 5.91 Å². The molecule has 1 aromatic heterocycles. The summed E-state index contributed by atoms with van der Waals surface area (Å²) in [5.74, 6) is -0.767. The number of carbonyl (C=O) groups is 1. The van der Waals surface area contributed by atoms with Crippen molar-refractivity contribution in [3.8, 4) is 0 Å². The molecule has 2 heterocycles. The third kappa shape index (κ3) is 3.35. The second-order valence-corrected chi connectivity index (χ2v) is 6.25. The minimum absolute atomic E-state index is 0.0406. The molecule has 0 bridgehead atoms. The maximum atomic E-state index is 14.1. The van der Waals surface area contributed by atoms with Crippen LogP contribution in [0.1, 0.15) is 17.7 Å². The quantitative estimate of drug-likeness (QED) is 0.789. The van der Waals surface area contributed by atoms with Gasteiger partial charge in [-0.1, -0.05) is 17.7 Å². The highest BCUT2D eigenvalue weighted by Gasteiger charge is 2.28. The number of hydrogen-bond acceptors (Lipinski definition) is 2. The van der Waals surface area contributed by atoms with Crippen molar-refractivity contribution >= 4 is 29.1 Å². The zero-order valence-corrected chi connectivity index (χ0v) is 13.9. The minimum Gasteiger partial charge on any atom is -0.334 e. The van der Waals surface area contributed by atoms with Crippen molar-refractivity contribution in [3.63, 3.8) is 0 Å². The summed E-state index contributed by atoms with van der Waals surface area (Å²) < 4.78 is 16.1. The Kier molecular flexibility index (Phi) is 4.87. The minimum atomic E-state index is -0.411. The number of aryl methyl sites for hydroxylation is 1. The van der Waals surface area contributed by atoms with Gasteiger partial charge in [-0.05, 0) is 18.6 Å². The van der Waals surface area contributed by atoms with Crippen LogP contribution < -0.4 is 0 Å². The van der Waals surface area contributed by atoms with Crippen LogP contribution in [0.25, 0.3) is 0 Å². The molecule has 1 atom stereocenters. The van der Waals surface area contributed by atoms with E-state index in [4.69, 9.17) is 23.2 Å². The standard InChI is InChI=1S/C16H16Cl2FN3O/c17-7-16(23)22(9-13-14(18)2-1-3-15(13)19)11-4-5-21-10-20-8-12(21)6-11/h1-3,8,10-11H,4-7,9H2. The maximum Gasteiger partial charge on any atom is 0.238 e. The molecule has 1 amide bonds. The molecule has 3 rings (SSSR count). The fourth-order valence-corrected chi connectivity index (χ4v) is 3.34. The fourth-order valence-electron chi connectivity index (χ4n) is 2.97. The van der Waals surface area contributed by atoms with Gasteiger partial charge in [-0.15, -0.1) is 11.6 Å². The van der Waals surface area contributed by atoms with Crippen molar-refractivity contribution < 1.29 is 9.18 Å². The molecule has 0 saturated heterocycles. The largest absolute Gasteiger partial charge is 0.334 e. The molecule has 0 N–H and O–H groups in total. The molecule has 0 radical (unpaired) electrons. The Hall–Kier alpha value is -1.59. The molecule has 1 aromatic carbocycles. The second kappa shape index (κ2) is 6.89. The lowest BCUT2D eigenvalue weighted by Crippen LogP contribution is -2.44. The van der Waals surface area contributed by atoms with E-state index in [9.17, 15) is 9.18 Å². The number of aromatic nitrogens is 2. The monoisotopic (exact) mass is 355 g/mol. The number of benzene rings is 1. The smallest absolute Gasteiger partial charge is 0.238 e. The Labute approximate surface area is 143 Å². The number of carbonyl (C=O) groups excluding carboxylic acids is 1. The Balaban J connectivity index is 1.86. The number of imidazole rings is 1. The van der Waals surface area contributed by atoms with E-state index >= 15 is 0 Å². The van der Waals surface area contributed by atoms with Crippen molar-refractivity contribution in [2.75, 3.05) is 5.88 Å². The highest BCUT2D eigenvalue weighted by Crippen LogP contribution is 2.25. The van der Waals surface area contributed by atoms with Gasteiger partial charge in [0, 0.05) is 41.5 Å². The molecular weight excluding hydrogens is 340 g/mol. The molecule has 122 valence electrons. The third-order valence-corrected chi connectivity index (χ3v) is 4.79. The van der Waals surface area contributed by atoms with Crippen LogP contribution >= 0.6 is 23.2 Å². The first kappa shape index (κ1) is 16.3. The molecule has 1 aliphatic rings. The molecule has 2 aromatic rings. The van der Waals surface area contributed by atoms with Gasteiger partial charge in [-0.3, -0.25) is 4.79 Å². The normalized spacial score (nSPS) is 16.9. The topological polar surface area (TPSA) is 38.1 Å². The van der Waals surface area contributed by atoms with Crippen molar-refractivity contribution in [3.05, 3.63) is 52.8 Å². The van der Waals surface area contributed by atoms with Crippen LogP contribution in [0.15, 0.2) is 30.7 Å². The molecule has 1 aliphatic heterocycles. The summed E-state index contributed by atoms with van der Waals surface area (Å²) in [7, 11) is 0. The summed E-state index contributed by atoms with van der Waals surface area (Å²) in [5.41, 5.74) is 1.39. The van der Waals surface area contributed by atoms with Gasteiger partial charge in [0.15, 0.2) is 0 Å². The highest BCUT2D eigenvalue weighted by molar-refractivity contribution is 6.31. The zero-order valence-electron chi connectivity index (χ0n) is 12.4. The van der Waals surface area contributed by atoms with Gasteiger partial charge in [0.25, 0.3) is 0 Å². The van der Waals surface area contributed by atoms with E-state index < -0.39 is 5.82 Å². The summed E-state index contributed by atoms with van der Waals surface area (Å²) in [6.07, 6.45) is 5.03. The summed E-state index contributed by atoms with van der Waals surface area (Å²) in [4.78, 5) is 18.1. The number of alkyl halides is 1. The van der Waals surface area contributed by atoms with E-state index in [0.29, 0.717) is 17.0 Å². The first-order valence-electron chi connectivity index (χ1n) is 7.37. The van der Waals surface area contributed by atoms with Crippen LogP contribution in [-0.2, 0) is 24.3 Å². The average molecular weight is 356 g/mol. The van der Waals surface area contributed by atoms with Crippen molar-refractivity contribution in [2.45, 2.75) is 32.0 Å². The summed E-state index contributed by atoms with van der Waals surface area (Å²) in [5, 5.41) is 0.318. The summed E-state index contributed by atoms with van der Waals surface area (Å²) in [6.45, 7) is 0.896. The van der Waals surface area contributed by atoms with E-state index in [1.165, 1.54) is 6.07 Å². The number of hydrogen-bond donors (Lipinski definition) is 0. The van der Waals surface area contributed by atoms with Crippen LogP contribution in [-0.4, -0.2) is 32.3 Å². The van der Waals surface area contributed by atoms with E-state index in [1.807, 2.05) is 0 Å². The molecule has 23 heavy (non-hydrogen) atoms. The lowest BCUT2D eigenvalue weighted by Gasteiger charge is -2.35. The number of fused-ring (bicyclic) bond motifs is 1. The fraction of sp³-hybridized carbons (Fsp3) is 0.375. The molecule has 0 aliphatic carbocycles. The number of nitrogens with zero attached hydrogens (tertiary/aromatic N) is 3. The van der Waals surface area contributed by atoms with Crippen LogP contribution in [0, 0.1) is 5.82 Å². The number of rotatable bonds is 4. The SMILES string of the molecule is O=C(CCl)N(Cc1c(F)cccc1Cl)C1CCn2cncc2C1. The van der Waals surface area contributed by atoms with E-state index in [0.717, 1.165) is 18.7 Å². The molecular formula is C16H16Cl2FN3O. The molecule has 0 spiro atoms. The predicted molar refractivity (Wildman–Crippen MR) is 87.0 cm³/mol. The molecule has 4 nitrogen and oxygen atoms in total. The summed E-state index contributed by atoms with van der Waals surface area (Å²) in [6, 6.07) is 4.48. The van der Waals surface area contributed by atoms with Crippen molar-refractivity contribution in [1.29, 1.82) is 0 Å². The molecule has 1 unspecified atom stereocenters. The average Bonchev–Trinajstić information content (AvgIpc) is 3.01. The predicted octanol–water partition coefficient (Wildman–Crippen LogP) is 3.26. The van der Waals surface area contributed by atoms with Gasteiger partial charge in [0.05, 0.1) is 12.9 Å². The third-order valence-electron chi connectivity index (χ3n) is 4.21. The van der Waals surface area contributed by atoms with Crippen molar-refractivity contribution in [1.82, 2.24) is 14.5 Å². The lowest BCUT2D eigenvalue weighted by molar-refractivity contribution is -0.132. The van der Waals surface area contributed by atoms with Crippen LogP contribution in [0.2, 0.25) is 5.02 Å². The van der Waals surface area contributed by atoms with Gasteiger partial charge < -0.3 is 9.47 Å². The lowest BCUT2D eigenvalue weighted by atomic mass is 10.0. The van der Waals surface area contributed by atoms with E-state index in [1.54, 1.807) is 29.6 Å². The Morgan fingerprint density at radius 2 is 2.30 bits per heavy atom. The zero-order chi connectivity index (χ0) is 16.4. The van der Waals surface area contributed by atoms with Gasteiger partial charge >= 0.3 is 0 Å². The summed E-state index contributed by atoms with van der Waals surface area (Å²) >= 11 is 11.9. The van der Waals surface area contributed by atoms with Gasteiger partial charge in [-0.25, -0.2) is 9.37 Å². The van der Waals surface area contributed by atoms with E-state index in [-0.39, 0.29) is 24.4 Å².